The van der Waals surface area contributed by atoms with E-state index in [-0.39, 0.29) is 0 Å². The molecule has 1 aliphatic rings. The van der Waals surface area contributed by atoms with Gasteiger partial charge in [0.25, 0.3) is 0 Å². The van der Waals surface area contributed by atoms with E-state index in [2.05, 4.69) is 41.4 Å². The number of hydrogen-bond donors (Lipinski definition) is 1. The topological polar surface area (TPSA) is 33.1 Å². The number of allylic oxidation sites excluding steroid dienone is 1. The monoisotopic (exact) mass is 262 g/mol. The van der Waals surface area contributed by atoms with Gasteiger partial charge in [0.15, 0.2) is 0 Å². The van der Waals surface area contributed by atoms with Crippen LogP contribution >= 0.6 is 0 Å². The minimum absolute atomic E-state index is 0.656. The Bertz CT molecular complexity index is 410. The zero-order valence-electron chi connectivity index (χ0n) is 12.4. The third-order valence-electron chi connectivity index (χ3n) is 3.70. The van der Waals surface area contributed by atoms with Crippen LogP contribution < -0.4 is 5.32 Å². The number of aromatic nitrogens is 2. The van der Waals surface area contributed by atoms with Gasteiger partial charge in [-0.1, -0.05) is 11.6 Å². The van der Waals surface area contributed by atoms with Crippen molar-refractivity contribution in [3.05, 3.63) is 29.6 Å². The molecule has 0 aromatic carbocycles. The molecule has 106 valence electrons. The summed E-state index contributed by atoms with van der Waals surface area (Å²) in [7, 11) is 1.96. The second-order valence-electron chi connectivity index (χ2n) is 5.76. The van der Waals surface area contributed by atoms with Crippen molar-refractivity contribution < 1.29 is 0 Å². The van der Waals surface area contributed by atoms with Crippen LogP contribution in [0.15, 0.2) is 24.0 Å². The summed E-state index contributed by atoms with van der Waals surface area (Å²) >= 11 is 0. The lowest BCUT2D eigenvalue weighted by Gasteiger charge is -2.31. The lowest BCUT2D eigenvalue weighted by Crippen LogP contribution is -2.42. The zero-order chi connectivity index (χ0) is 13.7. The summed E-state index contributed by atoms with van der Waals surface area (Å²) in [5, 5.41) is 7.84. The normalized spacial score (nSPS) is 17.6. The lowest BCUT2D eigenvalue weighted by atomic mass is 10.0. The predicted molar refractivity (Wildman–Crippen MR) is 78.9 cm³/mol. The highest BCUT2D eigenvalue weighted by Crippen LogP contribution is 2.11. The number of hydrogen-bond acceptors (Lipinski definition) is 3. The Morgan fingerprint density at radius 1 is 1.42 bits per heavy atom. The van der Waals surface area contributed by atoms with Crippen LogP contribution in [0.2, 0.25) is 0 Å². The minimum Gasteiger partial charge on any atom is -0.310 e. The van der Waals surface area contributed by atoms with Crippen molar-refractivity contribution in [1.82, 2.24) is 20.0 Å². The molecule has 0 unspecified atom stereocenters. The Hall–Kier alpha value is -1.13. The lowest BCUT2D eigenvalue weighted by molar-refractivity contribution is 0.214. The average Bonchev–Trinajstić information content (AvgIpc) is 2.81. The molecule has 0 bridgehead atoms. The van der Waals surface area contributed by atoms with E-state index in [1.54, 1.807) is 0 Å². The van der Waals surface area contributed by atoms with Gasteiger partial charge in [-0.2, -0.15) is 5.10 Å². The molecule has 4 nitrogen and oxygen atoms in total. The highest BCUT2D eigenvalue weighted by atomic mass is 15.2. The Balaban J connectivity index is 1.67. The Morgan fingerprint density at radius 3 is 2.74 bits per heavy atom. The van der Waals surface area contributed by atoms with Gasteiger partial charge in [0.2, 0.25) is 0 Å². The van der Waals surface area contributed by atoms with Gasteiger partial charge in [-0.25, -0.2) is 0 Å². The number of piperidine rings is 1. The number of likely N-dealkylation sites (tertiary alicyclic amines) is 1. The highest BCUT2D eigenvalue weighted by Gasteiger charge is 2.17. The molecular formula is C15H26N4. The quantitative estimate of drug-likeness (QED) is 0.823. The van der Waals surface area contributed by atoms with Crippen molar-refractivity contribution in [3.63, 3.8) is 0 Å². The molecule has 1 aromatic heterocycles. The van der Waals surface area contributed by atoms with Crippen LogP contribution in [0.4, 0.5) is 0 Å². The van der Waals surface area contributed by atoms with Gasteiger partial charge in [0.1, 0.15) is 0 Å². The van der Waals surface area contributed by atoms with Crippen molar-refractivity contribution in [1.29, 1.82) is 0 Å². The summed E-state index contributed by atoms with van der Waals surface area (Å²) in [6.45, 7) is 8.79. The van der Waals surface area contributed by atoms with Crippen LogP contribution in [0.1, 0.15) is 32.3 Å². The van der Waals surface area contributed by atoms with Crippen molar-refractivity contribution in [3.8, 4) is 0 Å². The van der Waals surface area contributed by atoms with Gasteiger partial charge in [0, 0.05) is 37.9 Å². The molecule has 0 spiro atoms. The summed E-state index contributed by atoms with van der Waals surface area (Å²) in [4.78, 5) is 2.54. The Kier molecular flexibility index (Phi) is 5.16. The van der Waals surface area contributed by atoms with E-state index in [0.29, 0.717) is 6.04 Å². The predicted octanol–water partition coefficient (Wildman–Crippen LogP) is 1.94. The first-order valence-electron chi connectivity index (χ1n) is 7.20. The third kappa shape index (κ3) is 4.80. The fourth-order valence-corrected chi connectivity index (χ4v) is 2.46. The molecule has 1 fully saturated rings. The van der Waals surface area contributed by atoms with E-state index in [0.717, 1.165) is 13.1 Å². The molecule has 2 rings (SSSR count). The van der Waals surface area contributed by atoms with E-state index in [1.807, 2.05) is 17.9 Å². The molecule has 0 atom stereocenters. The molecule has 4 heteroatoms. The molecular weight excluding hydrogens is 236 g/mol. The second-order valence-corrected chi connectivity index (χ2v) is 5.76. The van der Waals surface area contributed by atoms with Crippen LogP contribution in [-0.2, 0) is 13.6 Å². The molecule has 1 saturated heterocycles. The maximum Gasteiger partial charge on any atom is 0.0534 e. The summed E-state index contributed by atoms with van der Waals surface area (Å²) in [5.74, 6) is 0. The van der Waals surface area contributed by atoms with Gasteiger partial charge >= 0.3 is 0 Å². The zero-order valence-corrected chi connectivity index (χ0v) is 12.4. The van der Waals surface area contributed by atoms with Crippen LogP contribution in [-0.4, -0.2) is 40.4 Å². The number of rotatable bonds is 5. The number of nitrogens with zero attached hydrogens (tertiary/aromatic N) is 3. The van der Waals surface area contributed by atoms with Gasteiger partial charge < -0.3 is 5.32 Å². The van der Waals surface area contributed by atoms with Crippen LogP contribution in [0.3, 0.4) is 0 Å². The maximum atomic E-state index is 4.20. The van der Waals surface area contributed by atoms with Gasteiger partial charge in [-0.3, -0.25) is 9.58 Å². The molecule has 2 heterocycles. The third-order valence-corrected chi connectivity index (χ3v) is 3.70. The molecule has 1 N–H and O–H groups in total. The Morgan fingerprint density at radius 2 is 2.16 bits per heavy atom. The minimum atomic E-state index is 0.656. The molecule has 0 amide bonds. The molecule has 0 saturated carbocycles. The summed E-state index contributed by atoms with van der Waals surface area (Å²) in [6, 6.07) is 0.656. The van der Waals surface area contributed by atoms with Crippen LogP contribution in [0.5, 0.6) is 0 Å². The first-order chi connectivity index (χ1) is 9.13. The summed E-state index contributed by atoms with van der Waals surface area (Å²) in [6.07, 6.45) is 8.84. The second kappa shape index (κ2) is 6.87. The first kappa shape index (κ1) is 14.3. The number of nitrogens with one attached hydrogen (secondary N) is 1. The largest absolute Gasteiger partial charge is 0.310 e. The highest BCUT2D eigenvalue weighted by molar-refractivity contribution is 5.03. The molecule has 1 aliphatic heterocycles. The van der Waals surface area contributed by atoms with Crippen LogP contribution in [0.25, 0.3) is 0 Å². The van der Waals surface area contributed by atoms with Crippen molar-refractivity contribution in [2.24, 2.45) is 7.05 Å². The fraction of sp³-hybridized carbons (Fsp3) is 0.667. The molecule has 1 aromatic rings. The first-order valence-corrected chi connectivity index (χ1v) is 7.20. The van der Waals surface area contributed by atoms with Gasteiger partial charge in [-0.15, -0.1) is 0 Å². The number of aryl methyl sites for hydroxylation is 1. The van der Waals surface area contributed by atoms with Crippen LogP contribution in [0, 0.1) is 0 Å². The maximum absolute atomic E-state index is 4.20. The van der Waals surface area contributed by atoms with E-state index < -0.39 is 0 Å². The SMILES string of the molecule is CC(C)=CCN1CCC(NCc2cnn(C)c2)CC1. The summed E-state index contributed by atoms with van der Waals surface area (Å²) in [5.41, 5.74) is 2.69. The van der Waals surface area contributed by atoms with E-state index >= 15 is 0 Å². The summed E-state index contributed by atoms with van der Waals surface area (Å²) < 4.78 is 1.86. The van der Waals surface area contributed by atoms with Crippen molar-refractivity contribution in [2.45, 2.75) is 39.3 Å². The van der Waals surface area contributed by atoms with Crippen molar-refractivity contribution >= 4 is 0 Å². The van der Waals surface area contributed by atoms with Gasteiger partial charge in [0.05, 0.1) is 6.20 Å². The van der Waals surface area contributed by atoms with Gasteiger partial charge in [-0.05, 0) is 39.8 Å². The smallest absolute Gasteiger partial charge is 0.0534 e. The Labute approximate surface area is 116 Å². The molecule has 19 heavy (non-hydrogen) atoms. The van der Waals surface area contributed by atoms with E-state index in [9.17, 15) is 0 Å². The van der Waals surface area contributed by atoms with E-state index in [1.165, 1.54) is 37.1 Å². The standard InChI is InChI=1S/C15H26N4/c1-13(2)4-7-19-8-5-15(6-9-19)16-10-14-11-17-18(3)12-14/h4,11-12,15-16H,5-10H2,1-3H3. The molecule has 0 aliphatic carbocycles. The fourth-order valence-electron chi connectivity index (χ4n) is 2.46. The molecule has 0 radical (unpaired) electrons. The van der Waals surface area contributed by atoms with E-state index in [4.69, 9.17) is 0 Å². The van der Waals surface area contributed by atoms with Crippen molar-refractivity contribution in [2.75, 3.05) is 19.6 Å². The average molecular weight is 262 g/mol.